The monoisotopic (exact) mass is 488 g/mol. The number of anilines is 3. The minimum absolute atomic E-state index is 0.0367. The summed E-state index contributed by atoms with van der Waals surface area (Å²) in [6.07, 6.45) is 3.22. The minimum Gasteiger partial charge on any atom is -0.462 e. The summed E-state index contributed by atoms with van der Waals surface area (Å²) in [5.41, 5.74) is 10.5. The van der Waals surface area contributed by atoms with Gasteiger partial charge in [0.25, 0.3) is 5.78 Å². The van der Waals surface area contributed by atoms with Crippen molar-refractivity contribution >= 4 is 29.2 Å². The molecule has 0 saturated carbocycles. The van der Waals surface area contributed by atoms with Crippen molar-refractivity contribution in [3.05, 3.63) is 91.3 Å². The van der Waals surface area contributed by atoms with Crippen molar-refractivity contribution in [3.63, 3.8) is 0 Å². The second kappa shape index (κ2) is 9.23. The predicted molar refractivity (Wildman–Crippen MR) is 141 cm³/mol. The van der Waals surface area contributed by atoms with Gasteiger partial charge in [-0.25, -0.2) is 4.98 Å². The van der Waals surface area contributed by atoms with Crippen LogP contribution in [0.2, 0.25) is 0 Å². The van der Waals surface area contributed by atoms with Gasteiger partial charge in [0.15, 0.2) is 17.5 Å². The SMILES string of the molecule is N=C(Nc1ccc(-c2ccccc2)nn1)Nc1ccccc1-c1ccoc1-c1ccnc2nc(N)nn12. The summed E-state index contributed by atoms with van der Waals surface area (Å²) in [5.74, 6) is 1.54. The van der Waals surface area contributed by atoms with Crippen LogP contribution in [-0.4, -0.2) is 35.7 Å². The molecule has 0 aliphatic heterocycles. The van der Waals surface area contributed by atoms with Crippen molar-refractivity contribution in [2.75, 3.05) is 16.4 Å². The van der Waals surface area contributed by atoms with Crippen molar-refractivity contribution in [1.29, 1.82) is 5.41 Å². The summed E-state index contributed by atoms with van der Waals surface area (Å²) < 4.78 is 7.39. The molecule has 11 heteroatoms. The number of furan rings is 1. The summed E-state index contributed by atoms with van der Waals surface area (Å²) in [4.78, 5) is 8.32. The quantitative estimate of drug-likeness (QED) is 0.202. The van der Waals surface area contributed by atoms with Crippen LogP contribution in [0.25, 0.3) is 39.6 Å². The van der Waals surface area contributed by atoms with Crippen LogP contribution in [0.5, 0.6) is 0 Å². The maximum Gasteiger partial charge on any atom is 0.254 e. The first-order valence-electron chi connectivity index (χ1n) is 11.3. The molecule has 5 N–H and O–H groups in total. The van der Waals surface area contributed by atoms with Crippen LogP contribution in [0.4, 0.5) is 17.5 Å². The zero-order chi connectivity index (χ0) is 25.2. The molecular formula is C26H20N10O. The molecule has 0 fully saturated rings. The van der Waals surface area contributed by atoms with Gasteiger partial charge in [-0.05, 0) is 30.3 Å². The molecule has 4 heterocycles. The van der Waals surface area contributed by atoms with Gasteiger partial charge in [-0.2, -0.15) is 9.50 Å². The zero-order valence-corrected chi connectivity index (χ0v) is 19.3. The smallest absolute Gasteiger partial charge is 0.254 e. The number of nitrogens with zero attached hydrogens (tertiary/aromatic N) is 6. The Hall–Kier alpha value is -5.58. The molecule has 0 amide bonds. The molecule has 0 radical (unpaired) electrons. The Kier molecular flexibility index (Phi) is 5.47. The highest BCUT2D eigenvalue weighted by Crippen LogP contribution is 2.37. The maximum absolute atomic E-state index is 8.47. The van der Waals surface area contributed by atoms with Crippen molar-refractivity contribution in [2.45, 2.75) is 0 Å². The van der Waals surface area contributed by atoms with Crippen LogP contribution in [0.3, 0.4) is 0 Å². The second-order valence-electron chi connectivity index (χ2n) is 8.02. The normalized spacial score (nSPS) is 10.9. The molecule has 6 aromatic rings. The lowest BCUT2D eigenvalue weighted by Gasteiger charge is -2.14. The van der Waals surface area contributed by atoms with Crippen LogP contribution in [0.1, 0.15) is 0 Å². The Bertz CT molecular complexity index is 1710. The van der Waals surface area contributed by atoms with Crippen molar-refractivity contribution < 1.29 is 4.42 Å². The first-order valence-corrected chi connectivity index (χ1v) is 11.3. The van der Waals surface area contributed by atoms with E-state index in [1.54, 1.807) is 24.6 Å². The predicted octanol–water partition coefficient (Wildman–Crippen LogP) is 4.55. The molecule has 0 bridgehead atoms. The summed E-state index contributed by atoms with van der Waals surface area (Å²) >= 11 is 0. The van der Waals surface area contributed by atoms with E-state index in [0.717, 1.165) is 22.4 Å². The molecule has 2 aromatic carbocycles. The first-order chi connectivity index (χ1) is 18.2. The van der Waals surface area contributed by atoms with Gasteiger partial charge in [0, 0.05) is 28.6 Å². The third-order valence-electron chi connectivity index (χ3n) is 5.62. The number of fused-ring (bicyclic) bond motifs is 1. The van der Waals surface area contributed by atoms with E-state index in [4.69, 9.17) is 15.6 Å². The van der Waals surface area contributed by atoms with E-state index < -0.39 is 0 Å². The number of benzene rings is 2. The summed E-state index contributed by atoms with van der Waals surface area (Å²) in [5, 5.41) is 27.2. The Balaban J connectivity index is 1.26. The van der Waals surface area contributed by atoms with E-state index in [1.165, 1.54) is 4.52 Å². The average molecular weight is 489 g/mol. The number of nitrogens with one attached hydrogen (secondary N) is 3. The average Bonchev–Trinajstić information content (AvgIpc) is 3.56. The van der Waals surface area contributed by atoms with Crippen LogP contribution in [0.15, 0.2) is 95.7 Å². The van der Waals surface area contributed by atoms with Gasteiger partial charge in [0.2, 0.25) is 5.95 Å². The number of aromatic nitrogens is 6. The number of rotatable bonds is 5. The molecule has 0 atom stereocenters. The Morgan fingerprint density at radius 2 is 1.70 bits per heavy atom. The number of nitrogen functional groups attached to an aromatic ring is 1. The number of para-hydroxylation sites is 1. The van der Waals surface area contributed by atoms with Gasteiger partial charge in [0.1, 0.15) is 5.69 Å². The Morgan fingerprint density at radius 1 is 0.865 bits per heavy atom. The molecular weight excluding hydrogens is 468 g/mol. The summed E-state index contributed by atoms with van der Waals surface area (Å²) in [7, 11) is 0. The number of hydrogen-bond donors (Lipinski definition) is 4. The van der Waals surface area contributed by atoms with Crippen LogP contribution >= 0.6 is 0 Å². The van der Waals surface area contributed by atoms with Crippen LogP contribution < -0.4 is 16.4 Å². The highest BCUT2D eigenvalue weighted by molar-refractivity contribution is 6.04. The van der Waals surface area contributed by atoms with Gasteiger partial charge < -0.3 is 20.8 Å². The summed E-state index contributed by atoms with van der Waals surface area (Å²) in [6, 6.07) is 24.7. The molecule has 0 saturated heterocycles. The van der Waals surface area contributed by atoms with Crippen molar-refractivity contribution in [3.8, 4) is 33.8 Å². The fourth-order valence-corrected chi connectivity index (χ4v) is 3.98. The number of guanidine groups is 1. The van der Waals surface area contributed by atoms with E-state index in [2.05, 4.69) is 35.9 Å². The molecule has 180 valence electrons. The summed E-state index contributed by atoms with van der Waals surface area (Å²) in [6.45, 7) is 0. The third-order valence-corrected chi connectivity index (χ3v) is 5.62. The highest BCUT2D eigenvalue weighted by Gasteiger charge is 2.18. The number of hydrogen-bond acceptors (Lipinski definition) is 8. The molecule has 11 nitrogen and oxygen atoms in total. The number of nitrogens with two attached hydrogens (primary N) is 1. The molecule has 0 spiro atoms. The molecule has 0 aliphatic rings. The molecule has 0 aliphatic carbocycles. The Morgan fingerprint density at radius 3 is 2.54 bits per heavy atom. The van der Waals surface area contributed by atoms with Gasteiger partial charge in [-0.15, -0.1) is 15.3 Å². The molecule has 0 unspecified atom stereocenters. The van der Waals surface area contributed by atoms with Gasteiger partial charge in [0.05, 0.1) is 12.0 Å². The fraction of sp³-hybridized carbons (Fsp3) is 0. The minimum atomic E-state index is 0.0367. The van der Waals surface area contributed by atoms with E-state index in [9.17, 15) is 0 Å². The van der Waals surface area contributed by atoms with Crippen molar-refractivity contribution in [1.82, 2.24) is 29.8 Å². The molecule has 4 aromatic heterocycles. The lowest BCUT2D eigenvalue weighted by Crippen LogP contribution is -2.21. The fourth-order valence-electron chi connectivity index (χ4n) is 3.98. The van der Waals surface area contributed by atoms with Crippen molar-refractivity contribution in [2.24, 2.45) is 0 Å². The van der Waals surface area contributed by atoms with E-state index >= 15 is 0 Å². The molecule has 37 heavy (non-hydrogen) atoms. The molecule has 6 rings (SSSR count). The standard InChI is InChI=1S/C26H20N10O/c27-24(31-22-11-10-19(33-34-22)16-6-2-1-3-7-16)30-20-9-5-4-8-17(20)18-13-15-37-23(18)21-12-14-29-26-32-25(28)35-36(21)26/h1-15H,(H2,28,35)(H3,27,30,31,34). The topological polar surface area (TPSA) is 156 Å². The first kappa shape index (κ1) is 21.9. The van der Waals surface area contributed by atoms with E-state index in [0.29, 0.717) is 28.7 Å². The van der Waals surface area contributed by atoms with E-state index in [-0.39, 0.29) is 11.9 Å². The van der Waals surface area contributed by atoms with Gasteiger partial charge >= 0.3 is 0 Å². The largest absolute Gasteiger partial charge is 0.462 e. The van der Waals surface area contributed by atoms with Crippen LogP contribution in [-0.2, 0) is 0 Å². The lowest BCUT2D eigenvalue weighted by molar-refractivity contribution is 0.578. The van der Waals surface area contributed by atoms with E-state index in [1.807, 2.05) is 66.7 Å². The van der Waals surface area contributed by atoms with Crippen LogP contribution in [0, 0.1) is 5.41 Å². The second-order valence-corrected chi connectivity index (χ2v) is 8.02. The lowest BCUT2D eigenvalue weighted by atomic mass is 10.0. The maximum atomic E-state index is 8.47. The third kappa shape index (κ3) is 4.32. The van der Waals surface area contributed by atoms with Gasteiger partial charge in [-0.1, -0.05) is 48.5 Å². The Labute approximate surface area is 210 Å². The highest BCUT2D eigenvalue weighted by atomic mass is 16.3. The zero-order valence-electron chi connectivity index (χ0n) is 19.3. The van der Waals surface area contributed by atoms with Gasteiger partial charge in [-0.3, -0.25) is 5.41 Å².